The molecule has 1 amide bonds. The molecule has 0 spiro atoms. The zero-order chi connectivity index (χ0) is 22.0. The fraction of sp³-hybridized carbons (Fsp3) is 0.136. The summed E-state index contributed by atoms with van der Waals surface area (Å²) in [6.07, 6.45) is 0.840. The smallest absolute Gasteiger partial charge is 0.270 e. The minimum atomic E-state index is -4.00. The Balaban J connectivity index is 1.60. The number of benzene rings is 3. The lowest BCUT2D eigenvalue weighted by molar-refractivity contribution is -0.385. The number of hydrogen-bond acceptors (Lipinski definition) is 5. The highest BCUT2D eigenvalue weighted by atomic mass is 32.2. The number of hydrogen-bond donors (Lipinski definition) is 1. The van der Waals surface area contributed by atoms with Crippen molar-refractivity contribution in [3.63, 3.8) is 0 Å². The summed E-state index contributed by atoms with van der Waals surface area (Å²) in [4.78, 5) is 24.3. The van der Waals surface area contributed by atoms with E-state index in [-0.39, 0.29) is 16.5 Å². The largest absolute Gasteiger partial charge is 0.308 e. The van der Waals surface area contributed by atoms with Gasteiger partial charge in [0.2, 0.25) is 5.91 Å². The third-order valence-corrected chi connectivity index (χ3v) is 6.43. The number of carbonyl (C=O) groups is 1. The van der Waals surface area contributed by atoms with E-state index >= 15 is 0 Å². The number of nitrogens with zero attached hydrogens (tertiary/aromatic N) is 2. The second-order valence-corrected chi connectivity index (χ2v) is 8.85. The quantitative estimate of drug-likeness (QED) is 0.465. The average Bonchev–Trinajstić information content (AvgIpc) is 2.76. The van der Waals surface area contributed by atoms with Crippen LogP contribution in [0.3, 0.4) is 0 Å². The van der Waals surface area contributed by atoms with Gasteiger partial charge in [-0.3, -0.25) is 19.6 Å². The maximum absolute atomic E-state index is 12.7. The van der Waals surface area contributed by atoms with Gasteiger partial charge in [0.25, 0.3) is 15.7 Å². The second kappa shape index (κ2) is 8.19. The van der Waals surface area contributed by atoms with Crippen LogP contribution in [-0.2, 0) is 27.8 Å². The summed E-state index contributed by atoms with van der Waals surface area (Å²) in [6, 6.07) is 19.5. The summed E-state index contributed by atoms with van der Waals surface area (Å²) in [5.41, 5.74) is 2.63. The van der Waals surface area contributed by atoms with Crippen LogP contribution in [0.1, 0.15) is 17.5 Å². The standard InChI is InChI=1S/C22H19N3O5S/c26-22-12-9-17-13-18(10-11-21(17)24(22)15-16-5-2-1-3-6-16)23-31(29,30)20-8-4-7-19(14-20)25(27)28/h1-8,10-11,13-14,23H,9,12,15H2. The van der Waals surface area contributed by atoms with E-state index in [2.05, 4.69) is 4.72 Å². The monoisotopic (exact) mass is 437 g/mol. The Labute approximate surface area is 179 Å². The van der Waals surface area contributed by atoms with E-state index in [9.17, 15) is 23.3 Å². The van der Waals surface area contributed by atoms with Crippen molar-refractivity contribution in [3.8, 4) is 0 Å². The third kappa shape index (κ3) is 4.41. The fourth-order valence-electron chi connectivity index (χ4n) is 3.54. The van der Waals surface area contributed by atoms with E-state index in [4.69, 9.17) is 0 Å². The van der Waals surface area contributed by atoms with Gasteiger partial charge in [-0.15, -0.1) is 0 Å². The number of fused-ring (bicyclic) bond motifs is 1. The van der Waals surface area contributed by atoms with Crippen LogP contribution in [0.25, 0.3) is 0 Å². The van der Waals surface area contributed by atoms with Gasteiger partial charge in [0.15, 0.2) is 0 Å². The van der Waals surface area contributed by atoms with E-state index in [0.29, 0.717) is 25.1 Å². The van der Waals surface area contributed by atoms with Gasteiger partial charge in [0.1, 0.15) is 0 Å². The van der Waals surface area contributed by atoms with Crippen molar-refractivity contribution in [2.45, 2.75) is 24.3 Å². The van der Waals surface area contributed by atoms with Crippen molar-refractivity contribution in [2.24, 2.45) is 0 Å². The molecule has 9 heteroatoms. The molecule has 0 saturated heterocycles. The fourth-order valence-corrected chi connectivity index (χ4v) is 4.63. The maximum Gasteiger partial charge on any atom is 0.270 e. The predicted molar refractivity (Wildman–Crippen MR) is 116 cm³/mol. The summed E-state index contributed by atoms with van der Waals surface area (Å²) >= 11 is 0. The Bertz CT molecular complexity index is 1260. The first-order valence-electron chi connectivity index (χ1n) is 9.58. The first-order valence-corrected chi connectivity index (χ1v) is 11.1. The number of anilines is 2. The first kappa shape index (κ1) is 20.5. The normalized spacial score (nSPS) is 13.5. The van der Waals surface area contributed by atoms with E-state index in [0.717, 1.165) is 22.9 Å². The lowest BCUT2D eigenvalue weighted by Crippen LogP contribution is -2.34. The zero-order valence-corrected chi connectivity index (χ0v) is 17.2. The Morgan fingerprint density at radius 2 is 1.74 bits per heavy atom. The summed E-state index contributed by atoms with van der Waals surface area (Å²) in [5.74, 6) is 0.0151. The van der Waals surface area contributed by atoms with Crippen molar-refractivity contribution in [1.29, 1.82) is 0 Å². The second-order valence-electron chi connectivity index (χ2n) is 7.17. The zero-order valence-electron chi connectivity index (χ0n) is 16.4. The van der Waals surface area contributed by atoms with Crippen molar-refractivity contribution < 1.29 is 18.1 Å². The molecule has 0 aromatic heterocycles. The van der Waals surface area contributed by atoms with Gasteiger partial charge in [0, 0.05) is 29.9 Å². The molecule has 1 aliphatic heterocycles. The van der Waals surface area contributed by atoms with Crippen LogP contribution >= 0.6 is 0 Å². The number of non-ortho nitro benzene ring substituents is 1. The molecule has 0 unspecified atom stereocenters. The van der Waals surface area contributed by atoms with Crippen LogP contribution in [0, 0.1) is 10.1 Å². The molecule has 1 aliphatic rings. The molecule has 0 saturated carbocycles. The highest BCUT2D eigenvalue weighted by molar-refractivity contribution is 7.92. The molecule has 0 atom stereocenters. The molecule has 31 heavy (non-hydrogen) atoms. The van der Waals surface area contributed by atoms with Gasteiger partial charge in [-0.25, -0.2) is 8.42 Å². The van der Waals surface area contributed by atoms with Crippen LogP contribution < -0.4 is 9.62 Å². The number of amides is 1. The molecule has 4 rings (SSSR count). The number of carbonyl (C=O) groups excluding carboxylic acids is 1. The molecule has 3 aromatic rings. The van der Waals surface area contributed by atoms with Gasteiger partial charge >= 0.3 is 0 Å². The molecule has 0 radical (unpaired) electrons. The van der Waals surface area contributed by atoms with E-state index in [1.165, 1.54) is 18.2 Å². The van der Waals surface area contributed by atoms with Gasteiger partial charge < -0.3 is 4.90 Å². The number of nitrogens with one attached hydrogen (secondary N) is 1. The van der Waals surface area contributed by atoms with Crippen LogP contribution in [0.4, 0.5) is 17.1 Å². The predicted octanol–water partition coefficient (Wildman–Crippen LogP) is 3.88. The lowest BCUT2D eigenvalue weighted by atomic mass is 10.00. The summed E-state index contributed by atoms with van der Waals surface area (Å²) in [7, 11) is -4.00. The van der Waals surface area contributed by atoms with Crippen LogP contribution in [0.2, 0.25) is 0 Å². The average molecular weight is 437 g/mol. The Kier molecular flexibility index (Phi) is 5.43. The first-order chi connectivity index (χ1) is 14.8. The van der Waals surface area contributed by atoms with Crippen molar-refractivity contribution in [3.05, 3.63) is 94.0 Å². The van der Waals surface area contributed by atoms with Crippen molar-refractivity contribution in [1.82, 2.24) is 0 Å². The van der Waals surface area contributed by atoms with E-state index in [1.54, 1.807) is 23.1 Å². The summed E-state index contributed by atoms with van der Waals surface area (Å²) in [6.45, 7) is 0.436. The summed E-state index contributed by atoms with van der Waals surface area (Å²) < 4.78 is 27.9. The molecule has 1 N–H and O–H groups in total. The van der Waals surface area contributed by atoms with E-state index in [1.807, 2.05) is 30.3 Å². The molecular formula is C22H19N3O5S. The Morgan fingerprint density at radius 1 is 0.968 bits per heavy atom. The molecule has 1 heterocycles. The van der Waals surface area contributed by atoms with E-state index < -0.39 is 14.9 Å². The molecule has 3 aromatic carbocycles. The SMILES string of the molecule is O=C1CCc2cc(NS(=O)(=O)c3cccc([N+](=O)[O-])c3)ccc2N1Cc1ccccc1. The minimum absolute atomic E-state index is 0.0151. The van der Waals surface area contributed by atoms with Crippen molar-refractivity contribution >= 4 is 33.0 Å². The number of sulfonamides is 1. The Morgan fingerprint density at radius 3 is 2.48 bits per heavy atom. The van der Waals surface area contributed by atoms with Gasteiger partial charge in [-0.2, -0.15) is 0 Å². The van der Waals surface area contributed by atoms with Gasteiger partial charge in [-0.1, -0.05) is 36.4 Å². The van der Waals surface area contributed by atoms with Crippen LogP contribution in [0.5, 0.6) is 0 Å². The van der Waals surface area contributed by atoms with Crippen LogP contribution in [0.15, 0.2) is 77.7 Å². The molecule has 0 fully saturated rings. The molecular weight excluding hydrogens is 418 g/mol. The maximum atomic E-state index is 12.7. The third-order valence-electron chi connectivity index (χ3n) is 5.05. The topological polar surface area (TPSA) is 110 Å². The molecule has 158 valence electrons. The number of rotatable bonds is 6. The highest BCUT2D eigenvalue weighted by Crippen LogP contribution is 2.32. The molecule has 0 bridgehead atoms. The number of nitro benzene ring substituents is 1. The lowest BCUT2D eigenvalue weighted by Gasteiger charge is -2.30. The van der Waals surface area contributed by atoms with Crippen molar-refractivity contribution in [2.75, 3.05) is 9.62 Å². The number of nitro groups is 1. The molecule has 0 aliphatic carbocycles. The molecule has 8 nitrogen and oxygen atoms in total. The van der Waals surface area contributed by atoms with Gasteiger partial charge in [-0.05, 0) is 41.8 Å². The van der Waals surface area contributed by atoms with Gasteiger partial charge in [0.05, 0.1) is 16.4 Å². The Hall–Kier alpha value is -3.72. The summed E-state index contributed by atoms with van der Waals surface area (Å²) in [5, 5.41) is 10.9. The van der Waals surface area contributed by atoms with Crippen LogP contribution in [-0.4, -0.2) is 19.2 Å². The minimum Gasteiger partial charge on any atom is -0.308 e. The highest BCUT2D eigenvalue weighted by Gasteiger charge is 2.25. The number of aryl methyl sites for hydroxylation is 1.